The Hall–Kier alpha value is -1.02. The van der Waals surface area contributed by atoms with Crippen molar-refractivity contribution in [1.29, 1.82) is 0 Å². The van der Waals surface area contributed by atoms with E-state index in [1.807, 2.05) is 25.2 Å². The standard InChI is InChI=1S/C18H19Cl2N/c1-21-18(17-15(19)9-4-10-16(17)20)14-8-3-7-13(11-14)12-5-2-6-12/h3-4,7-12,18,21H,2,5-6H2,1H3. The SMILES string of the molecule is CNC(c1cccc(C2CCC2)c1)c1c(Cl)cccc1Cl. The number of hydrogen-bond donors (Lipinski definition) is 1. The molecule has 1 saturated carbocycles. The highest BCUT2D eigenvalue weighted by Crippen LogP contribution is 2.39. The lowest BCUT2D eigenvalue weighted by Crippen LogP contribution is -2.19. The maximum absolute atomic E-state index is 6.37. The fraction of sp³-hybridized carbons (Fsp3) is 0.333. The van der Waals surface area contributed by atoms with Gasteiger partial charge >= 0.3 is 0 Å². The molecule has 0 amide bonds. The average Bonchev–Trinajstić information content (AvgIpc) is 2.41. The fourth-order valence-corrected chi connectivity index (χ4v) is 3.61. The highest BCUT2D eigenvalue weighted by molar-refractivity contribution is 6.36. The van der Waals surface area contributed by atoms with Crippen LogP contribution >= 0.6 is 23.2 Å². The summed E-state index contributed by atoms with van der Waals surface area (Å²) >= 11 is 12.7. The maximum Gasteiger partial charge on any atom is 0.0604 e. The molecule has 0 saturated heterocycles. The number of nitrogens with one attached hydrogen (secondary N) is 1. The Kier molecular flexibility index (Phi) is 4.54. The van der Waals surface area contributed by atoms with Gasteiger partial charge in [0.15, 0.2) is 0 Å². The molecule has 0 aromatic heterocycles. The summed E-state index contributed by atoms with van der Waals surface area (Å²) in [4.78, 5) is 0. The van der Waals surface area contributed by atoms with E-state index in [0.29, 0.717) is 10.0 Å². The van der Waals surface area contributed by atoms with Gasteiger partial charge in [-0.1, -0.05) is 60.0 Å². The van der Waals surface area contributed by atoms with Crippen molar-refractivity contribution in [3.63, 3.8) is 0 Å². The van der Waals surface area contributed by atoms with Gasteiger partial charge in [0, 0.05) is 15.6 Å². The van der Waals surface area contributed by atoms with Crippen LogP contribution in [0.2, 0.25) is 10.0 Å². The van der Waals surface area contributed by atoms with Crippen LogP contribution in [0.1, 0.15) is 47.9 Å². The van der Waals surface area contributed by atoms with Crippen molar-refractivity contribution in [1.82, 2.24) is 5.32 Å². The molecule has 21 heavy (non-hydrogen) atoms. The third kappa shape index (κ3) is 2.96. The molecular weight excluding hydrogens is 301 g/mol. The second kappa shape index (κ2) is 6.39. The molecule has 1 nitrogen and oxygen atoms in total. The molecule has 110 valence electrons. The lowest BCUT2D eigenvalue weighted by molar-refractivity contribution is 0.419. The molecule has 1 N–H and O–H groups in total. The zero-order valence-corrected chi connectivity index (χ0v) is 13.6. The van der Waals surface area contributed by atoms with Crippen LogP contribution < -0.4 is 5.32 Å². The van der Waals surface area contributed by atoms with Crippen LogP contribution in [0.4, 0.5) is 0 Å². The molecule has 0 aliphatic heterocycles. The van der Waals surface area contributed by atoms with Crippen molar-refractivity contribution in [3.05, 3.63) is 69.2 Å². The summed E-state index contributed by atoms with van der Waals surface area (Å²) in [5.41, 5.74) is 3.60. The van der Waals surface area contributed by atoms with Crippen molar-refractivity contribution in [2.45, 2.75) is 31.2 Å². The molecular formula is C18H19Cl2N. The van der Waals surface area contributed by atoms with Gasteiger partial charge in [0.1, 0.15) is 0 Å². The number of halogens is 2. The van der Waals surface area contributed by atoms with Gasteiger partial charge in [-0.2, -0.15) is 0 Å². The minimum absolute atomic E-state index is 0.0197. The summed E-state index contributed by atoms with van der Waals surface area (Å²) < 4.78 is 0. The predicted octanol–water partition coefficient (Wildman–Crippen LogP) is 5.57. The number of rotatable bonds is 4. The van der Waals surface area contributed by atoms with Crippen LogP contribution in [0.25, 0.3) is 0 Å². The summed E-state index contributed by atoms with van der Waals surface area (Å²) in [6.45, 7) is 0. The van der Waals surface area contributed by atoms with E-state index in [9.17, 15) is 0 Å². The Labute approximate surface area is 136 Å². The molecule has 3 heteroatoms. The van der Waals surface area contributed by atoms with Gasteiger partial charge in [-0.15, -0.1) is 0 Å². The van der Waals surface area contributed by atoms with Gasteiger partial charge < -0.3 is 5.32 Å². The zero-order valence-electron chi connectivity index (χ0n) is 12.1. The monoisotopic (exact) mass is 319 g/mol. The van der Waals surface area contributed by atoms with Gasteiger partial charge in [0.05, 0.1) is 6.04 Å². The highest BCUT2D eigenvalue weighted by Gasteiger charge is 2.22. The topological polar surface area (TPSA) is 12.0 Å². The van der Waals surface area contributed by atoms with E-state index < -0.39 is 0 Å². The first kappa shape index (κ1) is 14.9. The molecule has 2 aromatic rings. The lowest BCUT2D eigenvalue weighted by Gasteiger charge is -2.27. The Morgan fingerprint density at radius 3 is 2.29 bits per heavy atom. The van der Waals surface area contributed by atoms with Gasteiger partial charge in [-0.05, 0) is 49.1 Å². The summed E-state index contributed by atoms with van der Waals surface area (Å²) in [5, 5.41) is 4.76. The average molecular weight is 320 g/mol. The van der Waals surface area contributed by atoms with Crippen molar-refractivity contribution in [2.75, 3.05) is 7.05 Å². The normalized spacial score (nSPS) is 16.5. The fourth-order valence-electron chi connectivity index (χ4n) is 3.00. The van der Waals surface area contributed by atoms with Crippen LogP contribution in [0.15, 0.2) is 42.5 Å². The Morgan fingerprint density at radius 1 is 1.05 bits per heavy atom. The molecule has 1 aliphatic carbocycles. The van der Waals surface area contributed by atoms with Crippen LogP contribution in [0, 0.1) is 0 Å². The molecule has 1 fully saturated rings. The van der Waals surface area contributed by atoms with E-state index in [0.717, 1.165) is 11.5 Å². The van der Waals surface area contributed by atoms with E-state index >= 15 is 0 Å². The molecule has 0 bridgehead atoms. The summed E-state index contributed by atoms with van der Waals surface area (Å²) in [6, 6.07) is 14.5. The van der Waals surface area contributed by atoms with Gasteiger partial charge in [0.2, 0.25) is 0 Å². The third-order valence-electron chi connectivity index (χ3n) is 4.40. The van der Waals surface area contributed by atoms with Crippen molar-refractivity contribution >= 4 is 23.2 Å². The first-order chi connectivity index (χ1) is 10.2. The quantitative estimate of drug-likeness (QED) is 0.776. The molecule has 0 heterocycles. The smallest absolute Gasteiger partial charge is 0.0604 e. The summed E-state index contributed by atoms with van der Waals surface area (Å²) in [7, 11) is 1.94. The van der Waals surface area contributed by atoms with E-state index in [2.05, 4.69) is 29.6 Å². The van der Waals surface area contributed by atoms with Gasteiger partial charge in [0.25, 0.3) is 0 Å². The Morgan fingerprint density at radius 2 is 1.71 bits per heavy atom. The van der Waals surface area contributed by atoms with Crippen LogP contribution in [0.5, 0.6) is 0 Å². The Bertz CT molecular complexity index is 615. The molecule has 0 radical (unpaired) electrons. The first-order valence-corrected chi connectivity index (χ1v) is 8.17. The van der Waals surface area contributed by atoms with E-state index in [1.54, 1.807) is 0 Å². The van der Waals surface area contributed by atoms with E-state index in [4.69, 9.17) is 23.2 Å². The van der Waals surface area contributed by atoms with E-state index in [1.165, 1.54) is 30.4 Å². The molecule has 1 aliphatic rings. The summed E-state index contributed by atoms with van der Waals surface area (Å²) in [5.74, 6) is 0.726. The lowest BCUT2D eigenvalue weighted by atomic mass is 9.79. The minimum Gasteiger partial charge on any atom is -0.309 e. The summed E-state index contributed by atoms with van der Waals surface area (Å²) in [6.07, 6.45) is 3.96. The molecule has 1 unspecified atom stereocenters. The second-order valence-corrected chi connectivity index (χ2v) is 6.47. The molecule has 2 aromatic carbocycles. The van der Waals surface area contributed by atoms with Crippen LogP contribution in [0.3, 0.4) is 0 Å². The van der Waals surface area contributed by atoms with Crippen LogP contribution in [-0.4, -0.2) is 7.05 Å². The minimum atomic E-state index is 0.0197. The second-order valence-electron chi connectivity index (χ2n) is 5.65. The first-order valence-electron chi connectivity index (χ1n) is 7.41. The number of benzene rings is 2. The highest BCUT2D eigenvalue weighted by atomic mass is 35.5. The van der Waals surface area contributed by atoms with Crippen molar-refractivity contribution < 1.29 is 0 Å². The molecule has 1 atom stereocenters. The Balaban J connectivity index is 2.00. The molecule has 0 spiro atoms. The maximum atomic E-state index is 6.37. The zero-order chi connectivity index (χ0) is 14.8. The van der Waals surface area contributed by atoms with Gasteiger partial charge in [-0.3, -0.25) is 0 Å². The van der Waals surface area contributed by atoms with Crippen LogP contribution in [-0.2, 0) is 0 Å². The third-order valence-corrected chi connectivity index (χ3v) is 5.06. The largest absolute Gasteiger partial charge is 0.309 e. The van der Waals surface area contributed by atoms with Crippen molar-refractivity contribution in [3.8, 4) is 0 Å². The van der Waals surface area contributed by atoms with E-state index in [-0.39, 0.29) is 6.04 Å². The van der Waals surface area contributed by atoms with Gasteiger partial charge in [-0.25, -0.2) is 0 Å². The number of hydrogen-bond acceptors (Lipinski definition) is 1. The predicted molar refractivity (Wildman–Crippen MR) is 90.4 cm³/mol. The van der Waals surface area contributed by atoms with Crippen molar-refractivity contribution in [2.24, 2.45) is 0 Å². The molecule has 3 rings (SSSR count).